The molecule has 0 saturated carbocycles. The van der Waals surface area contributed by atoms with Crippen LogP contribution in [-0.4, -0.2) is 44.0 Å². The number of methoxy groups -OCH3 is 1. The first-order valence-corrected chi connectivity index (χ1v) is 5.99. The Morgan fingerprint density at radius 3 is 2.65 bits per heavy atom. The minimum atomic E-state index is 0.182. The maximum Gasteiger partial charge on any atom is 0.177 e. The highest BCUT2D eigenvalue weighted by molar-refractivity contribution is 5.98. The van der Waals surface area contributed by atoms with Crippen LogP contribution in [0.2, 0.25) is 0 Å². The van der Waals surface area contributed by atoms with E-state index in [4.69, 9.17) is 4.74 Å². The van der Waals surface area contributed by atoms with Crippen LogP contribution in [0, 0.1) is 6.92 Å². The molecule has 3 heteroatoms. The summed E-state index contributed by atoms with van der Waals surface area (Å²) < 4.78 is 5.03. The number of hydrogen-bond donors (Lipinski definition) is 0. The van der Waals surface area contributed by atoms with Crippen molar-refractivity contribution in [1.29, 1.82) is 0 Å². The average Bonchev–Trinajstić information content (AvgIpc) is 2.34. The fourth-order valence-corrected chi connectivity index (χ4v) is 1.74. The molecule has 0 heterocycles. The molecule has 0 spiro atoms. The van der Waals surface area contributed by atoms with Crippen molar-refractivity contribution in [3.8, 4) is 0 Å². The molecule has 0 aliphatic carbocycles. The molecule has 1 aromatic rings. The number of Topliss-reactive ketones (excluding diaryl/α,β-unsaturated/α-hetero) is 1. The van der Waals surface area contributed by atoms with Crippen molar-refractivity contribution >= 4 is 5.78 Å². The number of aryl methyl sites for hydroxylation is 1. The molecule has 17 heavy (non-hydrogen) atoms. The summed E-state index contributed by atoms with van der Waals surface area (Å²) >= 11 is 0. The zero-order chi connectivity index (χ0) is 12.7. The molecule has 0 fully saturated rings. The molecule has 0 radical (unpaired) electrons. The number of ketones is 1. The summed E-state index contributed by atoms with van der Waals surface area (Å²) in [5.41, 5.74) is 1.86. The first-order chi connectivity index (χ1) is 8.19. The van der Waals surface area contributed by atoms with Gasteiger partial charge in [0.15, 0.2) is 5.78 Å². The maximum absolute atomic E-state index is 12.1. The van der Waals surface area contributed by atoms with E-state index in [-0.39, 0.29) is 5.78 Å². The number of carbonyl (C=O) groups excluding carboxylic acids is 1. The van der Waals surface area contributed by atoms with E-state index in [1.165, 1.54) is 0 Å². The van der Waals surface area contributed by atoms with E-state index < -0.39 is 0 Å². The van der Waals surface area contributed by atoms with Gasteiger partial charge in [-0.05, 0) is 19.0 Å². The molecule has 94 valence electrons. The minimum Gasteiger partial charge on any atom is -0.383 e. The summed E-state index contributed by atoms with van der Waals surface area (Å²) in [6.45, 7) is 6.81. The maximum atomic E-state index is 12.1. The third-order valence-electron chi connectivity index (χ3n) is 2.87. The van der Waals surface area contributed by atoms with Gasteiger partial charge in [0.25, 0.3) is 0 Å². The Morgan fingerprint density at radius 1 is 1.35 bits per heavy atom. The van der Waals surface area contributed by atoms with Crippen molar-refractivity contribution < 1.29 is 9.53 Å². The highest BCUT2D eigenvalue weighted by atomic mass is 16.5. The molecular weight excluding hydrogens is 214 g/mol. The molecule has 1 rings (SSSR count). The van der Waals surface area contributed by atoms with Gasteiger partial charge in [0, 0.05) is 19.2 Å². The van der Waals surface area contributed by atoms with E-state index in [1.807, 2.05) is 31.2 Å². The van der Waals surface area contributed by atoms with Crippen LogP contribution in [0.5, 0.6) is 0 Å². The third-order valence-corrected chi connectivity index (χ3v) is 2.87. The molecule has 0 bridgehead atoms. The summed E-state index contributed by atoms with van der Waals surface area (Å²) in [5, 5.41) is 0. The number of carbonyl (C=O) groups is 1. The molecule has 0 amide bonds. The zero-order valence-electron chi connectivity index (χ0n) is 10.9. The third kappa shape index (κ3) is 4.29. The first-order valence-electron chi connectivity index (χ1n) is 5.99. The Balaban J connectivity index is 2.61. The SMILES string of the molecule is CCN(CCOC)CC(=O)c1ccccc1C. The summed E-state index contributed by atoms with van der Waals surface area (Å²) in [7, 11) is 1.68. The van der Waals surface area contributed by atoms with Crippen LogP contribution >= 0.6 is 0 Å². The molecule has 0 N–H and O–H groups in total. The lowest BCUT2D eigenvalue weighted by Gasteiger charge is -2.19. The van der Waals surface area contributed by atoms with Crippen molar-refractivity contribution in [2.75, 3.05) is 33.4 Å². The largest absolute Gasteiger partial charge is 0.383 e. The summed E-state index contributed by atoms with van der Waals surface area (Å²) in [6, 6.07) is 7.72. The Bertz CT molecular complexity index is 363. The minimum absolute atomic E-state index is 0.182. The summed E-state index contributed by atoms with van der Waals surface area (Å²) in [4.78, 5) is 14.2. The normalized spacial score (nSPS) is 10.8. The van der Waals surface area contributed by atoms with Gasteiger partial charge in [-0.15, -0.1) is 0 Å². The van der Waals surface area contributed by atoms with E-state index in [2.05, 4.69) is 11.8 Å². The highest BCUT2D eigenvalue weighted by Crippen LogP contribution is 2.08. The lowest BCUT2D eigenvalue weighted by Crippen LogP contribution is -2.32. The Hall–Kier alpha value is -1.19. The predicted octanol–water partition coefficient (Wildman–Crippen LogP) is 2.15. The van der Waals surface area contributed by atoms with Crippen LogP contribution < -0.4 is 0 Å². The van der Waals surface area contributed by atoms with Crippen molar-refractivity contribution in [2.24, 2.45) is 0 Å². The zero-order valence-corrected chi connectivity index (χ0v) is 10.9. The number of rotatable bonds is 7. The number of likely N-dealkylation sites (N-methyl/N-ethyl adjacent to an activating group) is 1. The molecule has 0 unspecified atom stereocenters. The monoisotopic (exact) mass is 235 g/mol. The van der Waals surface area contributed by atoms with Crippen LogP contribution in [-0.2, 0) is 4.74 Å². The van der Waals surface area contributed by atoms with Crippen molar-refractivity contribution in [1.82, 2.24) is 4.90 Å². The molecule has 1 aromatic carbocycles. The molecule has 0 aliphatic heterocycles. The number of hydrogen-bond acceptors (Lipinski definition) is 3. The quantitative estimate of drug-likeness (QED) is 0.678. The van der Waals surface area contributed by atoms with E-state index in [1.54, 1.807) is 7.11 Å². The van der Waals surface area contributed by atoms with Crippen LogP contribution in [0.25, 0.3) is 0 Å². The van der Waals surface area contributed by atoms with Gasteiger partial charge >= 0.3 is 0 Å². The van der Waals surface area contributed by atoms with Crippen molar-refractivity contribution in [2.45, 2.75) is 13.8 Å². The average molecular weight is 235 g/mol. The number of nitrogens with zero attached hydrogens (tertiary/aromatic N) is 1. The van der Waals surface area contributed by atoms with Gasteiger partial charge in [-0.3, -0.25) is 9.69 Å². The summed E-state index contributed by atoms with van der Waals surface area (Å²) in [6.07, 6.45) is 0. The lowest BCUT2D eigenvalue weighted by atomic mass is 10.0. The lowest BCUT2D eigenvalue weighted by molar-refractivity contribution is 0.0901. The Labute approximate surface area is 103 Å². The fourth-order valence-electron chi connectivity index (χ4n) is 1.74. The predicted molar refractivity (Wildman–Crippen MR) is 69.5 cm³/mol. The Kier molecular flexibility index (Phi) is 5.87. The summed E-state index contributed by atoms with van der Waals surface area (Å²) in [5.74, 6) is 0.182. The van der Waals surface area contributed by atoms with Crippen molar-refractivity contribution in [3.63, 3.8) is 0 Å². The molecule has 0 aromatic heterocycles. The fraction of sp³-hybridized carbons (Fsp3) is 0.500. The topological polar surface area (TPSA) is 29.5 Å². The standard InChI is InChI=1S/C14H21NO2/c1-4-15(9-10-17-3)11-14(16)13-8-6-5-7-12(13)2/h5-8H,4,9-11H2,1-3H3. The van der Waals surface area contributed by atoms with Crippen LogP contribution in [0.4, 0.5) is 0 Å². The van der Waals surface area contributed by atoms with Gasteiger partial charge in [-0.2, -0.15) is 0 Å². The molecule has 3 nitrogen and oxygen atoms in total. The molecule has 0 saturated heterocycles. The van der Waals surface area contributed by atoms with Crippen LogP contribution in [0.1, 0.15) is 22.8 Å². The second-order valence-electron chi connectivity index (χ2n) is 4.10. The van der Waals surface area contributed by atoms with Gasteiger partial charge < -0.3 is 4.74 Å². The highest BCUT2D eigenvalue weighted by Gasteiger charge is 2.12. The van der Waals surface area contributed by atoms with Gasteiger partial charge in [0.05, 0.1) is 13.2 Å². The number of ether oxygens (including phenoxy) is 1. The second-order valence-corrected chi connectivity index (χ2v) is 4.10. The molecule has 0 atom stereocenters. The number of benzene rings is 1. The van der Waals surface area contributed by atoms with Gasteiger partial charge in [0.1, 0.15) is 0 Å². The van der Waals surface area contributed by atoms with Crippen molar-refractivity contribution in [3.05, 3.63) is 35.4 Å². The second kappa shape index (κ2) is 7.20. The van der Waals surface area contributed by atoms with Gasteiger partial charge in [-0.1, -0.05) is 31.2 Å². The van der Waals surface area contributed by atoms with Gasteiger partial charge in [0.2, 0.25) is 0 Å². The molecular formula is C14H21NO2. The Morgan fingerprint density at radius 2 is 2.06 bits per heavy atom. The van der Waals surface area contributed by atoms with E-state index in [9.17, 15) is 4.79 Å². The smallest absolute Gasteiger partial charge is 0.177 e. The first kappa shape index (κ1) is 13.9. The van der Waals surface area contributed by atoms with E-state index in [0.717, 1.165) is 24.2 Å². The van der Waals surface area contributed by atoms with Crippen LogP contribution in [0.15, 0.2) is 24.3 Å². The van der Waals surface area contributed by atoms with E-state index in [0.29, 0.717) is 13.2 Å². The van der Waals surface area contributed by atoms with E-state index >= 15 is 0 Å². The molecule has 0 aliphatic rings. The van der Waals surface area contributed by atoms with Crippen LogP contribution in [0.3, 0.4) is 0 Å². The van der Waals surface area contributed by atoms with Gasteiger partial charge in [-0.25, -0.2) is 0 Å².